The second kappa shape index (κ2) is 8.81. The van der Waals surface area contributed by atoms with Gasteiger partial charge in [0.25, 0.3) is 5.91 Å². The highest BCUT2D eigenvalue weighted by molar-refractivity contribution is 9.10. The molecule has 1 saturated heterocycles. The van der Waals surface area contributed by atoms with Crippen molar-refractivity contribution < 1.29 is 19.4 Å². The van der Waals surface area contributed by atoms with Crippen molar-refractivity contribution in [3.63, 3.8) is 0 Å². The Labute approximate surface area is 178 Å². The predicted octanol–water partition coefficient (Wildman–Crippen LogP) is 4.77. The lowest BCUT2D eigenvalue weighted by Gasteiger charge is -2.08. The Hall–Kier alpha value is -2.29. The molecule has 0 aromatic heterocycles. The molecular formula is C19H14BrClN2O4S. The summed E-state index contributed by atoms with van der Waals surface area (Å²) in [4.78, 5) is 28.0. The van der Waals surface area contributed by atoms with Crippen molar-refractivity contribution in [3.8, 4) is 5.75 Å². The molecule has 6 nitrogen and oxygen atoms in total. The number of carboxylic acid groups (broad SMARTS) is 1. The summed E-state index contributed by atoms with van der Waals surface area (Å²) < 4.78 is 6.07. The quantitative estimate of drug-likeness (QED) is 0.601. The number of benzene rings is 2. The van der Waals surface area contributed by atoms with Gasteiger partial charge in [-0.3, -0.25) is 4.79 Å². The van der Waals surface area contributed by atoms with Crippen LogP contribution in [-0.4, -0.2) is 28.8 Å². The lowest BCUT2D eigenvalue weighted by molar-refractivity contribution is -0.139. The van der Waals surface area contributed by atoms with Gasteiger partial charge in [-0.05, 0) is 60.7 Å². The first-order valence-corrected chi connectivity index (χ1v) is 10.0. The molecule has 2 aromatic carbocycles. The van der Waals surface area contributed by atoms with E-state index >= 15 is 0 Å². The molecule has 1 heterocycles. The molecule has 1 aliphatic rings. The van der Waals surface area contributed by atoms with E-state index < -0.39 is 12.6 Å². The van der Waals surface area contributed by atoms with E-state index in [4.69, 9.17) is 21.4 Å². The Morgan fingerprint density at radius 1 is 1.39 bits per heavy atom. The number of halogens is 2. The zero-order valence-electron chi connectivity index (χ0n) is 14.5. The van der Waals surface area contributed by atoms with Crippen molar-refractivity contribution in [2.45, 2.75) is 6.92 Å². The number of rotatable bonds is 5. The van der Waals surface area contributed by atoms with E-state index in [0.29, 0.717) is 32.1 Å². The van der Waals surface area contributed by atoms with Crippen molar-refractivity contribution in [2.24, 2.45) is 4.99 Å². The van der Waals surface area contributed by atoms with Crippen LogP contribution in [0, 0.1) is 6.92 Å². The minimum atomic E-state index is -1.08. The summed E-state index contributed by atoms with van der Waals surface area (Å²) in [5.74, 6) is -1.02. The average molecular weight is 482 g/mol. The molecule has 0 atom stereocenters. The molecule has 9 heteroatoms. The molecule has 1 amide bonds. The number of carboxylic acids is 1. The first kappa shape index (κ1) is 20.4. The number of nitrogens with one attached hydrogen (secondary N) is 1. The number of amidine groups is 1. The Morgan fingerprint density at radius 3 is 2.93 bits per heavy atom. The number of ether oxygens (including phenoxy) is 1. The van der Waals surface area contributed by atoms with Gasteiger partial charge in [-0.15, -0.1) is 0 Å². The van der Waals surface area contributed by atoms with E-state index in [1.54, 1.807) is 36.4 Å². The topological polar surface area (TPSA) is 88.0 Å². The third-order valence-electron chi connectivity index (χ3n) is 3.72. The Kier molecular flexibility index (Phi) is 6.43. The number of nitrogens with zero attached hydrogens (tertiary/aromatic N) is 1. The number of carbonyl (C=O) groups excluding carboxylic acids is 1. The molecule has 0 aliphatic carbocycles. The second-order valence-corrected chi connectivity index (χ2v) is 8.08. The molecule has 0 spiro atoms. The van der Waals surface area contributed by atoms with Crippen LogP contribution in [0.4, 0.5) is 5.69 Å². The second-order valence-electron chi connectivity index (χ2n) is 5.73. The smallest absolute Gasteiger partial charge is 0.341 e. The highest BCUT2D eigenvalue weighted by atomic mass is 79.9. The lowest BCUT2D eigenvalue weighted by Crippen LogP contribution is -2.19. The first-order valence-electron chi connectivity index (χ1n) is 8.02. The predicted molar refractivity (Wildman–Crippen MR) is 114 cm³/mol. The van der Waals surface area contributed by atoms with E-state index in [9.17, 15) is 9.59 Å². The summed E-state index contributed by atoms with van der Waals surface area (Å²) in [6.07, 6.45) is 1.63. The monoisotopic (exact) mass is 480 g/mol. The zero-order valence-corrected chi connectivity index (χ0v) is 17.7. The van der Waals surface area contributed by atoms with Crippen LogP contribution < -0.4 is 10.1 Å². The van der Waals surface area contributed by atoms with Crippen LogP contribution in [0.25, 0.3) is 6.08 Å². The molecule has 2 aromatic rings. The van der Waals surface area contributed by atoms with Gasteiger partial charge in [-0.25, -0.2) is 9.79 Å². The SMILES string of the molecule is Cc1c(Cl)cccc1N=C1NC(=O)/C(=C/c2cc(Br)ccc2OCC(=O)O)S1. The van der Waals surface area contributed by atoms with Gasteiger partial charge in [0.15, 0.2) is 11.8 Å². The van der Waals surface area contributed by atoms with Crippen molar-refractivity contribution in [1.29, 1.82) is 0 Å². The average Bonchev–Trinajstić information content (AvgIpc) is 2.97. The van der Waals surface area contributed by atoms with Gasteiger partial charge < -0.3 is 15.2 Å². The van der Waals surface area contributed by atoms with Crippen LogP contribution in [0.1, 0.15) is 11.1 Å². The Morgan fingerprint density at radius 2 is 2.18 bits per heavy atom. The van der Waals surface area contributed by atoms with Crippen molar-refractivity contribution in [3.05, 3.63) is 61.9 Å². The van der Waals surface area contributed by atoms with Gasteiger partial charge in [0.2, 0.25) is 0 Å². The third-order valence-corrected chi connectivity index (χ3v) is 5.53. The van der Waals surface area contributed by atoms with Crippen LogP contribution in [0.3, 0.4) is 0 Å². The van der Waals surface area contributed by atoms with Gasteiger partial charge in [-0.2, -0.15) is 0 Å². The molecule has 144 valence electrons. The van der Waals surface area contributed by atoms with Crippen LogP contribution in [0.5, 0.6) is 5.75 Å². The normalized spacial score (nSPS) is 16.5. The summed E-state index contributed by atoms with van der Waals surface area (Å²) in [5.41, 5.74) is 2.07. The minimum Gasteiger partial charge on any atom is -0.481 e. The number of thioether (sulfide) groups is 1. The maximum Gasteiger partial charge on any atom is 0.341 e. The molecule has 0 saturated carbocycles. The van der Waals surface area contributed by atoms with Crippen molar-refractivity contribution >= 4 is 68.1 Å². The number of amides is 1. The van der Waals surface area contributed by atoms with Crippen LogP contribution >= 0.6 is 39.3 Å². The molecule has 1 fully saturated rings. The highest BCUT2D eigenvalue weighted by Gasteiger charge is 2.24. The summed E-state index contributed by atoms with van der Waals surface area (Å²) in [5, 5.41) is 12.6. The Bertz CT molecular complexity index is 1020. The highest BCUT2D eigenvalue weighted by Crippen LogP contribution is 2.33. The third kappa shape index (κ3) is 4.95. The van der Waals surface area contributed by atoms with Crippen molar-refractivity contribution in [1.82, 2.24) is 5.32 Å². The van der Waals surface area contributed by atoms with E-state index in [-0.39, 0.29) is 5.91 Å². The van der Waals surface area contributed by atoms with E-state index in [1.165, 1.54) is 11.8 Å². The van der Waals surface area contributed by atoms with Crippen LogP contribution in [0.2, 0.25) is 5.02 Å². The van der Waals surface area contributed by atoms with E-state index in [0.717, 1.165) is 10.0 Å². The minimum absolute atomic E-state index is 0.299. The van der Waals surface area contributed by atoms with Crippen molar-refractivity contribution in [2.75, 3.05) is 6.61 Å². The molecule has 28 heavy (non-hydrogen) atoms. The van der Waals surface area contributed by atoms with Gasteiger partial charge in [0, 0.05) is 15.1 Å². The number of aliphatic imine (C=N–C) groups is 1. The molecule has 3 rings (SSSR count). The van der Waals surface area contributed by atoms with Gasteiger partial charge in [0.1, 0.15) is 5.75 Å². The van der Waals surface area contributed by atoms with Gasteiger partial charge in [0.05, 0.1) is 10.6 Å². The van der Waals surface area contributed by atoms with E-state index in [2.05, 4.69) is 26.2 Å². The fourth-order valence-electron chi connectivity index (χ4n) is 2.35. The number of hydrogen-bond donors (Lipinski definition) is 2. The molecule has 2 N–H and O–H groups in total. The standard InChI is InChI=1S/C19H14BrClN2O4S/c1-10-13(21)3-2-4-14(10)22-19-23-18(26)16(28-19)8-11-7-12(20)5-6-15(11)27-9-17(24)25/h2-8H,9H2,1H3,(H,24,25)(H,22,23,26)/b16-8-. The van der Waals surface area contributed by atoms with Gasteiger partial charge >= 0.3 is 5.97 Å². The van der Waals surface area contributed by atoms with E-state index in [1.807, 2.05) is 13.0 Å². The fraction of sp³-hybridized carbons (Fsp3) is 0.105. The van der Waals surface area contributed by atoms with Crippen LogP contribution in [0.15, 0.2) is 50.8 Å². The number of carbonyl (C=O) groups is 2. The fourth-order valence-corrected chi connectivity index (χ4v) is 3.73. The molecule has 0 bridgehead atoms. The molecular weight excluding hydrogens is 468 g/mol. The maximum atomic E-state index is 12.3. The molecule has 0 radical (unpaired) electrons. The maximum absolute atomic E-state index is 12.3. The lowest BCUT2D eigenvalue weighted by atomic mass is 10.2. The summed E-state index contributed by atoms with van der Waals surface area (Å²) in [6.45, 7) is 1.38. The molecule has 1 aliphatic heterocycles. The Balaban J connectivity index is 1.89. The number of aliphatic carboxylic acids is 1. The zero-order chi connectivity index (χ0) is 20.3. The first-order chi connectivity index (χ1) is 13.3. The van der Waals surface area contributed by atoms with Crippen LogP contribution in [-0.2, 0) is 9.59 Å². The summed E-state index contributed by atoms with van der Waals surface area (Å²) >= 11 is 10.7. The van der Waals surface area contributed by atoms with Gasteiger partial charge in [-0.1, -0.05) is 33.6 Å². The summed E-state index contributed by atoms with van der Waals surface area (Å²) in [7, 11) is 0. The molecule has 0 unspecified atom stereocenters. The largest absolute Gasteiger partial charge is 0.481 e. The number of hydrogen-bond acceptors (Lipinski definition) is 5. The summed E-state index contributed by atoms with van der Waals surface area (Å²) in [6, 6.07) is 10.5.